The second-order valence-electron chi connectivity index (χ2n) is 3.69. The quantitative estimate of drug-likeness (QED) is 0.799. The molecule has 0 amide bonds. The van der Waals surface area contributed by atoms with Gasteiger partial charge in [-0.15, -0.1) is 0 Å². The highest BCUT2D eigenvalue weighted by atomic mass is 32.2. The minimum atomic E-state index is -0.309. The van der Waals surface area contributed by atoms with Crippen molar-refractivity contribution < 1.29 is 0 Å². The maximum Gasteiger partial charge on any atom is 0.253 e. The molecule has 0 fully saturated rings. The van der Waals surface area contributed by atoms with Gasteiger partial charge in [0.15, 0.2) is 5.16 Å². The van der Waals surface area contributed by atoms with Crippen molar-refractivity contribution in [2.45, 2.75) is 17.0 Å². The third-order valence-corrected chi connectivity index (χ3v) is 3.15. The molecular weight excluding hydrogens is 248 g/mol. The largest absolute Gasteiger partial charge is 0.383 e. The average Bonchev–Trinajstić information content (AvgIpc) is 2.27. The maximum absolute atomic E-state index is 11.3. The Morgan fingerprint density at radius 1 is 1.44 bits per heavy atom. The molecule has 0 aliphatic rings. The number of hydrogen-bond acceptors (Lipinski definition) is 5. The van der Waals surface area contributed by atoms with Crippen LogP contribution < -0.4 is 11.3 Å². The summed E-state index contributed by atoms with van der Waals surface area (Å²) in [5.74, 6) is 0.160. The minimum Gasteiger partial charge on any atom is -0.383 e. The standard InChI is InChI=1S/C12H10N4OS/c1-7-2-3-8(6-13)9(4-7)18-12-15-10(14)5-11(17)16-12/h2-5H,1H3,(H3,14,15,16,17). The normalized spacial score (nSPS) is 10.0. The Morgan fingerprint density at radius 2 is 2.22 bits per heavy atom. The van der Waals surface area contributed by atoms with E-state index >= 15 is 0 Å². The molecule has 0 unspecified atom stereocenters. The van der Waals surface area contributed by atoms with Crippen LogP contribution in [0.4, 0.5) is 5.82 Å². The number of rotatable bonds is 2. The van der Waals surface area contributed by atoms with Gasteiger partial charge in [0.25, 0.3) is 5.56 Å². The summed E-state index contributed by atoms with van der Waals surface area (Å²) in [7, 11) is 0. The fourth-order valence-electron chi connectivity index (χ4n) is 1.41. The van der Waals surface area contributed by atoms with Crippen molar-refractivity contribution in [3.05, 3.63) is 45.7 Å². The Labute approximate surface area is 108 Å². The van der Waals surface area contributed by atoms with Crippen molar-refractivity contribution in [2.75, 3.05) is 5.73 Å². The zero-order valence-electron chi connectivity index (χ0n) is 9.60. The first-order valence-electron chi connectivity index (χ1n) is 5.14. The molecule has 0 radical (unpaired) electrons. The summed E-state index contributed by atoms with van der Waals surface area (Å²) in [5.41, 5.74) is 6.76. The molecule has 6 heteroatoms. The fourth-order valence-corrected chi connectivity index (χ4v) is 2.39. The Kier molecular flexibility index (Phi) is 3.35. The lowest BCUT2D eigenvalue weighted by atomic mass is 10.2. The molecule has 1 heterocycles. The first kappa shape index (κ1) is 12.2. The maximum atomic E-state index is 11.3. The van der Waals surface area contributed by atoms with Crippen LogP contribution in [0.1, 0.15) is 11.1 Å². The van der Waals surface area contributed by atoms with Gasteiger partial charge in [0.2, 0.25) is 0 Å². The van der Waals surface area contributed by atoms with E-state index in [1.54, 1.807) is 6.07 Å². The first-order valence-corrected chi connectivity index (χ1v) is 5.95. The lowest BCUT2D eigenvalue weighted by Crippen LogP contribution is -2.09. The monoisotopic (exact) mass is 258 g/mol. The van der Waals surface area contributed by atoms with Gasteiger partial charge < -0.3 is 10.7 Å². The highest BCUT2D eigenvalue weighted by molar-refractivity contribution is 7.99. The highest BCUT2D eigenvalue weighted by Gasteiger charge is 2.07. The van der Waals surface area contributed by atoms with Crippen LogP contribution in [-0.4, -0.2) is 9.97 Å². The Bertz CT molecular complexity index is 687. The van der Waals surface area contributed by atoms with Crippen LogP contribution in [0.3, 0.4) is 0 Å². The topological polar surface area (TPSA) is 95.6 Å². The molecule has 1 aromatic carbocycles. The molecule has 0 saturated heterocycles. The summed E-state index contributed by atoms with van der Waals surface area (Å²) in [5, 5.41) is 9.39. The number of nitrogens with zero attached hydrogens (tertiary/aromatic N) is 2. The molecule has 0 aliphatic heterocycles. The van der Waals surface area contributed by atoms with Crippen molar-refractivity contribution in [3.8, 4) is 6.07 Å². The SMILES string of the molecule is Cc1ccc(C#N)c(Sc2nc(N)cc(=O)[nH]2)c1. The summed E-state index contributed by atoms with van der Waals surface area (Å²) in [6.07, 6.45) is 0. The number of anilines is 1. The van der Waals surface area contributed by atoms with E-state index in [1.165, 1.54) is 17.8 Å². The van der Waals surface area contributed by atoms with Gasteiger partial charge in [0, 0.05) is 11.0 Å². The summed E-state index contributed by atoms with van der Waals surface area (Å²) >= 11 is 1.21. The molecule has 2 rings (SSSR count). The fraction of sp³-hybridized carbons (Fsp3) is 0.0833. The van der Waals surface area contributed by atoms with Gasteiger partial charge in [0.1, 0.15) is 11.9 Å². The molecule has 0 spiro atoms. The molecule has 18 heavy (non-hydrogen) atoms. The zero-order valence-corrected chi connectivity index (χ0v) is 10.4. The van der Waals surface area contributed by atoms with E-state index in [0.717, 1.165) is 10.5 Å². The Morgan fingerprint density at radius 3 is 2.89 bits per heavy atom. The molecule has 0 aliphatic carbocycles. The van der Waals surface area contributed by atoms with E-state index < -0.39 is 0 Å². The second-order valence-corrected chi connectivity index (χ2v) is 4.72. The van der Waals surface area contributed by atoms with E-state index in [1.807, 2.05) is 19.1 Å². The lowest BCUT2D eigenvalue weighted by molar-refractivity contribution is 0.945. The van der Waals surface area contributed by atoms with Crippen LogP contribution in [-0.2, 0) is 0 Å². The average molecular weight is 258 g/mol. The number of aromatic amines is 1. The van der Waals surface area contributed by atoms with Gasteiger partial charge in [-0.2, -0.15) is 5.26 Å². The van der Waals surface area contributed by atoms with Gasteiger partial charge in [0.05, 0.1) is 5.56 Å². The number of nitrogen functional groups attached to an aromatic ring is 1. The van der Waals surface area contributed by atoms with Gasteiger partial charge in [-0.1, -0.05) is 17.8 Å². The van der Waals surface area contributed by atoms with Gasteiger partial charge >= 0.3 is 0 Å². The van der Waals surface area contributed by atoms with Gasteiger partial charge in [-0.25, -0.2) is 4.98 Å². The van der Waals surface area contributed by atoms with Gasteiger partial charge in [-0.3, -0.25) is 4.79 Å². The van der Waals surface area contributed by atoms with Crippen molar-refractivity contribution in [3.63, 3.8) is 0 Å². The third-order valence-electron chi connectivity index (χ3n) is 2.20. The van der Waals surface area contributed by atoms with Crippen LogP contribution >= 0.6 is 11.8 Å². The number of hydrogen-bond donors (Lipinski definition) is 2. The minimum absolute atomic E-state index is 0.160. The van der Waals surface area contributed by atoms with Crippen molar-refractivity contribution in [1.82, 2.24) is 9.97 Å². The number of nitrogens with one attached hydrogen (secondary N) is 1. The smallest absolute Gasteiger partial charge is 0.253 e. The zero-order chi connectivity index (χ0) is 13.1. The lowest BCUT2D eigenvalue weighted by Gasteiger charge is -2.04. The number of aromatic nitrogens is 2. The van der Waals surface area contributed by atoms with Crippen LogP contribution in [0, 0.1) is 18.3 Å². The molecule has 1 aromatic heterocycles. The van der Waals surface area contributed by atoms with E-state index in [9.17, 15) is 4.79 Å². The summed E-state index contributed by atoms with van der Waals surface area (Å²) in [4.78, 5) is 18.6. The van der Waals surface area contributed by atoms with E-state index in [2.05, 4.69) is 16.0 Å². The van der Waals surface area contributed by atoms with Crippen LogP contribution in [0.2, 0.25) is 0 Å². The summed E-state index contributed by atoms with van der Waals surface area (Å²) in [6, 6.07) is 8.78. The van der Waals surface area contributed by atoms with E-state index in [-0.39, 0.29) is 11.4 Å². The van der Waals surface area contributed by atoms with Crippen LogP contribution in [0.25, 0.3) is 0 Å². The summed E-state index contributed by atoms with van der Waals surface area (Å²) < 4.78 is 0. The molecular formula is C12H10N4OS. The number of aryl methyl sites for hydroxylation is 1. The Hall–Kier alpha value is -2.26. The second kappa shape index (κ2) is 4.94. The molecule has 5 nitrogen and oxygen atoms in total. The number of nitrogens with two attached hydrogens (primary N) is 1. The van der Waals surface area contributed by atoms with Crippen molar-refractivity contribution in [2.24, 2.45) is 0 Å². The summed E-state index contributed by atoms with van der Waals surface area (Å²) in [6.45, 7) is 1.93. The molecule has 0 atom stereocenters. The van der Waals surface area contributed by atoms with Crippen LogP contribution in [0.15, 0.2) is 39.1 Å². The van der Waals surface area contributed by atoms with E-state index in [0.29, 0.717) is 10.7 Å². The predicted octanol–water partition coefficient (Wildman–Crippen LogP) is 1.68. The van der Waals surface area contributed by atoms with Crippen molar-refractivity contribution >= 4 is 17.6 Å². The third kappa shape index (κ3) is 2.70. The molecule has 3 N–H and O–H groups in total. The van der Waals surface area contributed by atoms with Gasteiger partial charge in [-0.05, 0) is 24.6 Å². The number of H-pyrrole nitrogens is 1. The molecule has 90 valence electrons. The molecule has 0 saturated carbocycles. The highest BCUT2D eigenvalue weighted by Crippen LogP contribution is 2.28. The molecule has 0 bridgehead atoms. The predicted molar refractivity (Wildman–Crippen MR) is 69.3 cm³/mol. The van der Waals surface area contributed by atoms with E-state index in [4.69, 9.17) is 11.0 Å². The van der Waals surface area contributed by atoms with Crippen molar-refractivity contribution in [1.29, 1.82) is 5.26 Å². The van der Waals surface area contributed by atoms with Crippen LogP contribution in [0.5, 0.6) is 0 Å². The number of benzene rings is 1. The molecule has 2 aromatic rings. The first-order chi connectivity index (χ1) is 8.58. The number of nitriles is 1. The Balaban J connectivity index is 2.42.